The average molecular weight is 252 g/mol. The standard InChI is InChI=1S/C15H16N4/c1-18(2)15-6-4-5-12(17-15)11-7-8-13-14(9-11)19(3)10-16-13/h4-10H,1-3H3. The molecule has 0 fully saturated rings. The van der Waals surface area contributed by atoms with Gasteiger partial charge in [-0.15, -0.1) is 0 Å². The molecule has 2 heterocycles. The average Bonchev–Trinajstić information content (AvgIpc) is 2.80. The van der Waals surface area contributed by atoms with Gasteiger partial charge in [0.25, 0.3) is 0 Å². The minimum atomic E-state index is 0.961. The molecule has 3 aromatic rings. The summed E-state index contributed by atoms with van der Waals surface area (Å²) in [6.07, 6.45) is 1.83. The van der Waals surface area contributed by atoms with E-state index < -0.39 is 0 Å². The SMILES string of the molecule is CN(C)c1cccc(-c2ccc3ncn(C)c3c2)n1. The van der Waals surface area contributed by atoms with Crippen molar-refractivity contribution in [2.75, 3.05) is 19.0 Å². The van der Waals surface area contributed by atoms with Gasteiger partial charge >= 0.3 is 0 Å². The van der Waals surface area contributed by atoms with E-state index in [-0.39, 0.29) is 0 Å². The van der Waals surface area contributed by atoms with Crippen LogP contribution >= 0.6 is 0 Å². The molecule has 0 radical (unpaired) electrons. The van der Waals surface area contributed by atoms with Crippen molar-refractivity contribution in [3.8, 4) is 11.3 Å². The van der Waals surface area contributed by atoms with Crippen molar-refractivity contribution in [2.24, 2.45) is 7.05 Å². The van der Waals surface area contributed by atoms with Gasteiger partial charge in [-0.05, 0) is 24.3 Å². The third-order valence-corrected chi connectivity index (χ3v) is 3.21. The molecule has 0 spiro atoms. The van der Waals surface area contributed by atoms with Crippen molar-refractivity contribution in [3.05, 3.63) is 42.7 Å². The molecule has 0 saturated carbocycles. The van der Waals surface area contributed by atoms with Crippen molar-refractivity contribution in [1.29, 1.82) is 0 Å². The molecule has 96 valence electrons. The van der Waals surface area contributed by atoms with E-state index in [0.717, 1.165) is 28.1 Å². The number of imidazole rings is 1. The van der Waals surface area contributed by atoms with Crippen LogP contribution in [0.3, 0.4) is 0 Å². The summed E-state index contributed by atoms with van der Waals surface area (Å²) in [6, 6.07) is 12.3. The normalized spacial score (nSPS) is 10.9. The highest BCUT2D eigenvalue weighted by molar-refractivity contribution is 5.81. The molecule has 1 aromatic carbocycles. The first-order chi connectivity index (χ1) is 9.15. The molecule has 4 nitrogen and oxygen atoms in total. The predicted octanol–water partition coefficient (Wildman–Crippen LogP) is 2.70. The van der Waals surface area contributed by atoms with E-state index in [1.54, 1.807) is 0 Å². The summed E-state index contributed by atoms with van der Waals surface area (Å²) in [5.41, 5.74) is 4.22. The summed E-state index contributed by atoms with van der Waals surface area (Å²) in [5.74, 6) is 0.961. The fourth-order valence-corrected chi connectivity index (χ4v) is 2.12. The summed E-state index contributed by atoms with van der Waals surface area (Å²) in [7, 11) is 6.00. The quantitative estimate of drug-likeness (QED) is 0.703. The van der Waals surface area contributed by atoms with Crippen molar-refractivity contribution >= 4 is 16.9 Å². The molecule has 0 saturated heterocycles. The molecule has 2 aromatic heterocycles. The number of fused-ring (bicyclic) bond motifs is 1. The van der Waals surface area contributed by atoms with Gasteiger partial charge in [-0.25, -0.2) is 9.97 Å². The number of rotatable bonds is 2. The first-order valence-electron chi connectivity index (χ1n) is 6.21. The Morgan fingerprint density at radius 2 is 1.95 bits per heavy atom. The third kappa shape index (κ3) is 2.05. The number of hydrogen-bond donors (Lipinski definition) is 0. The number of aromatic nitrogens is 3. The van der Waals surface area contributed by atoms with E-state index in [0.29, 0.717) is 0 Å². The van der Waals surface area contributed by atoms with Crippen LogP contribution in [0.15, 0.2) is 42.7 Å². The molecular formula is C15H16N4. The lowest BCUT2D eigenvalue weighted by atomic mass is 10.1. The molecule has 0 amide bonds. The van der Waals surface area contributed by atoms with E-state index in [4.69, 9.17) is 0 Å². The van der Waals surface area contributed by atoms with Gasteiger partial charge in [-0.3, -0.25) is 0 Å². The second kappa shape index (κ2) is 4.39. The number of pyridine rings is 1. The van der Waals surface area contributed by atoms with Crippen LogP contribution in [0.4, 0.5) is 5.82 Å². The Bertz CT molecular complexity index is 728. The molecule has 0 atom stereocenters. The van der Waals surface area contributed by atoms with Crippen LogP contribution in [0.2, 0.25) is 0 Å². The van der Waals surface area contributed by atoms with Crippen LogP contribution in [0.1, 0.15) is 0 Å². The van der Waals surface area contributed by atoms with Crippen LogP contribution < -0.4 is 4.90 Å². The van der Waals surface area contributed by atoms with E-state index in [1.807, 2.05) is 61.2 Å². The fraction of sp³-hybridized carbons (Fsp3) is 0.200. The Balaban J connectivity index is 2.13. The van der Waals surface area contributed by atoms with E-state index >= 15 is 0 Å². The maximum atomic E-state index is 4.66. The second-order valence-corrected chi connectivity index (χ2v) is 4.83. The summed E-state index contributed by atoms with van der Waals surface area (Å²) in [6.45, 7) is 0. The molecule has 0 aliphatic carbocycles. The number of hydrogen-bond acceptors (Lipinski definition) is 3. The highest BCUT2D eigenvalue weighted by Gasteiger charge is 2.05. The van der Waals surface area contributed by atoms with Crippen molar-refractivity contribution in [2.45, 2.75) is 0 Å². The Kier molecular flexibility index (Phi) is 2.71. The van der Waals surface area contributed by atoms with E-state index in [1.165, 1.54) is 0 Å². The van der Waals surface area contributed by atoms with Gasteiger partial charge < -0.3 is 9.47 Å². The van der Waals surface area contributed by atoms with Gasteiger partial charge in [0, 0.05) is 26.7 Å². The van der Waals surface area contributed by atoms with Crippen LogP contribution in [-0.4, -0.2) is 28.6 Å². The Hall–Kier alpha value is -2.36. The summed E-state index contributed by atoms with van der Waals surface area (Å²) in [5, 5.41) is 0. The van der Waals surface area contributed by atoms with Gasteiger partial charge in [-0.1, -0.05) is 12.1 Å². The fourth-order valence-electron chi connectivity index (χ4n) is 2.12. The number of nitrogens with zero attached hydrogens (tertiary/aromatic N) is 4. The smallest absolute Gasteiger partial charge is 0.128 e. The molecule has 0 unspecified atom stereocenters. The van der Waals surface area contributed by atoms with Gasteiger partial charge in [0.2, 0.25) is 0 Å². The second-order valence-electron chi connectivity index (χ2n) is 4.83. The topological polar surface area (TPSA) is 34.0 Å². The lowest BCUT2D eigenvalue weighted by Crippen LogP contribution is -2.10. The molecule has 4 heteroatoms. The third-order valence-electron chi connectivity index (χ3n) is 3.21. The summed E-state index contributed by atoms with van der Waals surface area (Å²) < 4.78 is 2.02. The van der Waals surface area contributed by atoms with Crippen LogP contribution in [-0.2, 0) is 7.05 Å². The Morgan fingerprint density at radius 3 is 2.74 bits per heavy atom. The summed E-state index contributed by atoms with van der Waals surface area (Å²) in [4.78, 5) is 11.0. The van der Waals surface area contributed by atoms with E-state index in [9.17, 15) is 0 Å². The predicted molar refractivity (Wildman–Crippen MR) is 78.3 cm³/mol. The number of aryl methyl sites for hydroxylation is 1. The maximum absolute atomic E-state index is 4.66. The van der Waals surface area contributed by atoms with Crippen molar-refractivity contribution in [1.82, 2.24) is 14.5 Å². The zero-order valence-corrected chi connectivity index (χ0v) is 11.3. The van der Waals surface area contributed by atoms with E-state index in [2.05, 4.69) is 22.1 Å². The Morgan fingerprint density at radius 1 is 1.11 bits per heavy atom. The molecule has 0 bridgehead atoms. The maximum Gasteiger partial charge on any atom is 0.128 e. The van der Waals surface area contributed by atoms with Crippen LogP contribution in [0.25, 0.3) is 22.3 Å². The Labute approximate surface area is 112 Å². The number of benzene rings is 1. The lowest BCUT2D eigenvalue weighted by molar-refractivity contribution is 0.948. The van der Waals surface area contributed by atoms with Gasteiger partial charge in [-0.2, -0.15) is 0 Å². The zero-order valence-electron chi connectivity index (χ0n) is 11.3. The van der Waals surface area contributed by atoms with Gasteiger partial charge in [0.1, 0.15) is 5.82 Å². The molecule has 19 heavy (non-hydrogen) atoms. The molecule has 0 N–H and O–H groups in total. The van der Waals surface area contributed by atoms with Crippen molar-refractivity contribution in [3.63, 3.8) is 0 Å². The minimum Gasteiger partial charge on any atom is -0.363 e. The van der Waals surface area contributed by atoms with Crippen LogP contribution in [0, 0.1) is 0 Å². The minimum absolute atomic E-state index is 0.961. The molecule has 0 aliphatic heterocycles. The van der Waals surface area contributed by atoms with Crippen molar-refractivity contribution < 1.29 is 0 Å². The monoisotopic (exact) mass is 252 g/mol. The highest BCUT2D eigenvalue weighted by atomic mass is 15.1. The number of anilines is 1. The lowest BCUT2D eigenvalue weighted by Gasteiger charge is -2.12. The molecular weight excluding hydrogens is 236 g/mol. The van der Waals surface area contributed by atoms with Gasteiger partial charge in [0.15, 0.2) is 0 Å². The highest BCUT2D eigenvalue weighted by Crippen LogP contribution is 2.23. The first-order valence-corrected chi connectivity index (χ1v) is 6.21. The zero-order chi connectivity index (χ0) is 13.4. The molecule has 3 rings (SSSR count). The molecule has 0 aliphatic rings. The largest absolute Gasteiger partial charge is 0.363 e. The van der Waals surface area contributed by atoms with Gasteiger partial charge in [0.05, 0.1) is 23.1 Å². The summed E-state index contributed by atoms with van der Waals surface area (Å²) >= 11 is 0. The van der Waals surface area contributed by atoms with Crippen LogP contribution in [0.5, 0.6) is 0 Å². The first kappa shape index (κ1) is 11.7.